The summed E-state index contributed by atoms with van der Waals surface area (Å²) in [6.07, 6.45) is -0.509. The van der Waals surface area contributed by atoms with Crippen molar-refractivity contribution in [2.24, 2.45) is 0 Å². The van der Waals surface area contributed by atoms with Crippen LogP contribution in [0.1, 0.15) is 34.3 Å². The van der Waals surface area contributed by atoms with Crippen LogP contribution in [0.5, 0.6) is 0 Å². The van der Waals surface area contributed by atoms with Gasteiger partial charge in [-0.2, -0.15) is 0 Å². The number of piperidine rings is 1. The monoisotopic (exact) mass is 505 g/mol. The first-order valence-corrected chi connectivity index (χ1v) is 11.5. The summed E-state index contributed by atoms with van der Waals surface area (Å²) in [4.78, 5) is 50.2. The Morgan fingerprint density at radius 1 is 1.03 bits per heavy atom. The van der Waals surface area contributed by atoms with Gasteiger partial charge in [0.25, 0.3) is 5.91 Å². The first kappa shape index (κ1) is 24.1. The van der Waals surface area contributed by atoms with Gasteiger partial charge in [-0.05, 0) is 41.3 Å². The van der Waals surface area contributed by atoms with E-state index in [0.29, 0.717) is 22.3 Å². The third kappa shape index (κ3) is 4.90. The summed E-state index contributed by atoms with van der Waals surface area (Å²) in [5.74, 6) is -2.87. The van der Waals surface area contributed by atoms with Crippen LogP contribution >= 0.6 is 0 Å². The summed E-state index contributed by atoms with van der Waals surface area (Å²) in [7, 11) is 0. The minimum Gasteiger partial charge on any atom is -0.444 e. The standard InChI is InChI=1S/C27H21F2N3O5/c28-20-11-18(12-21(29)24(20)16-4-2-1-3-5-16)30-27(36)37-14-15-6-7-17-13-32(26(35)19(17)10-15)22-8-9-23(33)31-25(22)34/h1-7,10-12,22H,8-9,13-14H2,(H,30,36)(H,31,33,34). The van der Waals surface area contributed by atoms with E-state index in [9.17, 15) is 28.0 Å². The van der Waals surface area contributed by atoms with Gasteiger partial charge < -0.3 is 9.64 Å². The molecule has 1 unspecified atom stereocenters. The Morgan fingerprint density at radius 2 is 1.76 bits per heavy atom. The summed E-state index contributed by atoms with van der Waals surface area (Å²) in [5.41, 5.74) is 1.68. The Balaban J connectivity index is 1.22. The molecule has 188 valence electrons. The number of amides is 4. The molecule has 4 amide bonds. The van der Waals surface area contributed by atoms with E-state index in [1.54, 1.807) is 48.5 Å². The van der Waals surface area contributed by atoms with E-state index in [1.165, 1.54) is 4.90 Å². The predicted octanol–water partition coefficient (Wildman–Crippen LogP) is 4.14. The van der Waals surface area contributed by atoms with Crippen LogP contribution in [0.15, 0.2) is 60.7 Å². The molecule has 0 aromatic heterocycles. The Morgan fingerprint density at radius 3 is 2.46 bits per heavy atom. The minimum atomic E-state index is -0.928. The second kappa shape index (κ2) is 9.81. The molecule has 2 aliphatic heterocycles. The van der Waals surface area contributed by atoms with Gasteiger partial charge in [0.05, 0.1) is 5.56 Å². The van der Waals surface area contributed by atoms with Crippen LogP contribution in [-0.2, 0) is 27.5 Å². The molecule has 1 atom stereocenters. The first-order valence-electron chi connectivity index (χ1n) is 11.5. The molecule has 2 aliphatic rings. The lowest BCUT2D eigenvalue weighted by atomic mass is 10.0. The first-order chi connectivity index (χ1) is 17.8. The third-order valence-electron chi connectivity index (χ3n) is 6.31. The van der Waals surface area contributed by atoms with Gasteiger partial charge in [0.2, 0.25) is 11.8 Å². The number of rotatable bonds is 5. The summed E-state index contributed by atoms with van der Waals surface area (Å²) in [6, 6.07) is 14.5. The van der Waals surface area contributed by atoms with E-state index in [1.807, 2.05) is 0 Å². The molecular formula is C27H21F2N3O5. The number of carbonyl (C=O) groups excluding carboxylic acids is 4. The van der Waals surface area contributed by atoms with Crippen LogP contribution in [0, 0.1) is 11.6 Å². The number of benzene rings is 3. The van der Waals surface area contributed by atoms with Gasteiger partial charge in [-0.25, -0.2) is 13.6 Å². The quantitative estimate of drug-likeness (QED) is 0.507. The Hall–Kier alpha value is -4.60. The van der Waals surface area contributed by atoms with Gasteiger partial charge in [0.15, 0.2) is 0 Å². The number of ether oxygens (including phenoxy) is 1. The van der Waals surface area contributed by atoms with Crippen molar-refractivity contribution in [2.45, 2.75) is 32.0 Å². The molecule has 3 aromatic carbocycles. The fourth-order valence-corrected chi connectivity index (χ4v) is 4.52. The van der Waals surface area contributed by atoms with Crippen LogP contribution in [0.3, 0.4) is 0 Å². The van der Waals surface area contributed by atoms with E-state index < -0.39 is 29.7 Å². The number of nitrogens with zero attached hydrogens (tertiary/aromatic N) is 1. The SMILES string of the molecule is O=C1CCC(N2Cc3ccc(COC(=O)Nc4cc(F)c(-c5ccccc5)c(F)c4)cc3C2=O)C(=O)N1. The smallest absolute Gasteiger partial charge is 0.411 e. The van der Waals surface area contributed by atoms with Crippen molar-refractivity contribution in [2.75, 3.05) is 5.32 Å². The predicted molar refractivity (Wildman–Crippen MR) is 128 cm³/mol. The number of fused-ring (bicyclic) bond motifs is 1. The highest BCUT2D eigenvalue weighted by atomic mass is 19.1. The largest absolute Gasteiger partial charge is 0.444 e. The van der Waals surface area contributed by atoms with E-state index in [-0.39, 0.29) is 49.1 Å². The van der Waals surface area contributed by atoms with E-state index in [0.717, 1.165) is 12.1 Å². The average Bonchev–Trinajstić information content (AvgIpc) is 3.18. The van der Waals surface area contributed by atoms with E-state index >= 15 is 0 Å². The number of anilines is 1. The second-order valence-electron chi connectivity index (χ2n) is 8.77. The van der Waals surface area contributed by atoms with Crippen LogP contribution < -0.4 is 10.6 Å². The zero-order valence-electron chi connectivity index (χ0n) is 19.4. The van der Waals surface area contributed by atoms with Crippen LogP contribution in [0.4, 0.5) is 19.3 Å². The number of imide groups is 1. The van der Waals surface area contributed by atoms with Crippen molar-refractivity contribution in [3.63, 3.8) is 0 Å². The molecule has 1 fully saturated rings. The summed E-state index contributed by atoms with van der Waals surface area (Å²) in [5, 5.41) is 4.56. The normalized spacial score (nSPS) is 16.9. The minimum absolute atomic E-state index is 0.108. The Labute approximate surface area is 210 Å². The molecule has 1 saturated heterocycles. The van der Waals surface area contributed by atoms with Gasteiger partial charge in [-0.15, -0.1) is 0 Å². The zero-order valence-corrected chi connectivity index (χ0v) is 19.4. The van der Waals surface area contributed by atoms with Gasteiger partial charge in [0, 0.05) is 24.2 Å². The van der Waals surface area contributed by atoms with Crippen LogP contribution in [-0.4, -0.2) is 34.8 Å². The molecule has 5 rings (SSSR count). The number of hydrogen-bond acceptors (Lipinski definition) is 5. The lowest BCUT2D eigenvalue weighted by Crippen LogP contribution is -2.52. The Kier molecular flexibility index (Phi) is 6.39. The van der Waals surface area contributed by atoms with E-state index in [2.05, 4.69) is 10.6 Å². The molecule has 2 N–H and O–H groups in total. The lowest BCUT2D eigenvalue weighted by molar-refractivity contribution is -0.136. The van der Waals surface area contributed by atoms with Gasteiger partial charge in [-0.3, -0.25) is 25.0 Å². The van der Waals surface area contributed by atoms with Crippen LogP contribution in [0.2, 0.25) is 0 Å². The fourth-order valence-electron chi connectivity index (χ4n) is 4.52. The number of carbonyl (C=O) groups is 4. The third-order valence-corrected chi connectivity index (χ3v) is 6.31. The van der Waals surface area contributed by atoms with Crippen molar-refractivity contribution in [1.82, 2.24) is 10.2 Å². The fraction of sp³-hybridized carbons (Fsp3) is 0.185. The molecule has 0 aliphatic carbocycles. The maximum absolute atomic E-state index is 14.6. The topological polar surface area (TPSA) is 105 Å². The molecule has 3 aromatic rings. The van der Waals surface area contributed by atoms with Crippen molar-refractivity contribution in [3.8, 4) is 11.1 Å². The zero-order chi connectivity index (χ0) is 26.1. The highest BCUT2D eigenvalue weighted by Crippen LogP contribution is 2.30. The molecule has 8 nitrogen and oxygen atoms in total. The van der Waals surface area contributed by atoms with E-state index in [4.69, 9.17) is 4.74 Å². The van der Waals surface area contributed by atoms with Gasteiger partial charge in [-0.1, -0.05) is 42.5 Å². The molecule has 10 heteroatoms. The molecule has 37 heavy (non-hydrogen) atoms. The van der Waals surface area contributed by atoms with Crippen molar-refractivity contribution < 1.29 is 32.7 Å². The molecule has 0 bridgehead atoms. The van der Waals surface area contributed by atoms with Crippen LogP contribution in [0.25, 0.3) is 11.1 Å². The maximum atomic E-state index is 14.6. The van der Waals surface area contributed by atoms with Crippen molar-refractivity contribution >= 4 is 29.5 Å². The number of hydrogen-bond donors (Lipinski definition) is 2. The van der Waals surface area contributed by atoms with Crippen molar-refractivity contribution in [3.05, 3.63) is 89.0 Å². The van der Waals surface area contributed by atoms with Crippen molar-refractivity contribution in [1.29, 1.82) is 0 Å². The molecule has 0 radical (unpaired) electrons. The molecule has 0 spiro atoms. The Bertz CT molecular complexity index is 1400. The highest BCUT2D eigenvalue weighted by molar-refractivity contribution is 6.05. The molecule has 0 saturated carbocycles. The lowest BCUT2D eigenvalue weighted by Gasteiger charge is -2.29. The van der Waals surface area contributed by atoms with Gasteiger partial charge in [0.1, 0.15) is 24.3 Å². The maximum Gasteiger partial charge on any atom is 0.411 e. The summed E-state index contributed by atoms with van der Waals surface area (Å²) >= 11 is 0. The summed E-state index contributed by atoms with van der Waals surface area (Å²) < 4.78 is 34.3. The summed E-state index contributed by atoms with van der Waals surface area (Å²) in [6.45, 7) is 0.0377. The highest BCUT2D eigenvalue weighted by Gasteiger charge is 2.39. The molecule has 2 heterocycles. The average molecular weight is 505 g/mol. The second-order valence-corrected chi connectivity index (χ2v) is 8.77. The van der Waals surface area contributed by atoms with Gasteiger partial charge >= 0.3 is 6.09 Å². The number of nitrogens with one attached hydrogen (secondary N) is 2. The number of halogens is 2. The molecular weight excluding hydrogens is 484 g/mol.